The molecule has 1 heterocycles. The number of benzene rings is 1. The van der Waals surface area contributed by atoms with Gasteiger partial charge in [0.05, 0.1) is 6.54 Å². The summed E-state index contributed by atoms with van der Waals surface area (Å²) in [5.41, 5.74) is -2.95. The van der Waals surface area contributed by atoms with Crippen molar-refractivity contribution in [3.63, 3.8) is 0 Å². The first-order chi connectivity index (χ1) is 9.68. The fraction of sp³-hybridized carbons (Fsp3) is 0.167. The molecule has 1 aromatic heterocycles. The lowest BCUT2D eigenvalue weighted by molar-refractivity contribution is -0.141. The Kier molecular flexibility index (Phi) is 4.47. The normalized spacial score (nSPS) is 11.7. The zero-order valence-electron chi connectivity index (χ0n) is 10.2. The van der Waals surface area contributed by atoms with E-state index in [1.165, 1.54) is 0 Å². The third-order valence-corrected chi connectivity index (χ3v) is 3.95. The minimum atomic E-state index is -4.78. The number of aromatic nitrogens is 2. The molecular formula is C12H7ClF3IN2O2. The Morgan fingerprint density at radius 2 is 1.90 bits per heavy atom. The van der Waals surface area contributed by atoms with Gasteiger partial charge >= 0.3 is 11.9 Å². The molecule has 0 radical (unpaired) electrons. The molecule has 0 aliphatic heterocycles. The standard InChI is InChI=1S/C12H7ClF3IN2O2/c13-7-1-2-8(17)6(3-7)5-19-10(20)4-9(12(14,15)16)18-11(19)21/h1-4H,5H2,(H,18,21). The molecule has 0 spiro atoms. The van der Waals surface area contributed by atoms with Gasteiger partial charge in [0.2, 0.25) is 0 Å². The second-order valence-corrected chi connectivity index (χ2v) is 5.74. The molecule has 0 atom stereocenters. The summed E-state index contributed by atoms with van der Waals surface area (Å²) in [6, 6.07) is 5.22. The van der Waals surface area contributed by atoms with E-state index in [0.717, 1.165) is 3.57 Å². The van der Waals surface area contributed by atoms with Gasteiger partial charge in [0.15, 0.2) is 0 Å². The van der Waals surface area contributed by atoms with Crippen LogP contribution in [0.3, 0.4) is 0 Å². The molecule has 0 aliphatic rings. The highest BCUT2D eigenvalue weighted by atomic mass is 127. The van der Waals surface area contributed by atoms with Crippen LogP contribution in [0.25, 0.3) is 0 Å². The number of rotatable bonds is 2. The lowest BCUT2D eigenvalue weighted by Crippen LogP contribution is -2.37. The van der Waals surface area contributed by atoms with E-state index in [2.05, 4.69) is 0 Å². The van der Waals surface area contributed by atoms with E-state index >= 15 is 0 Å². The van der Waals surface area contributed by atoms with E-state index < -0.39 is 23.1 Å². The molecule has 9 heteroatoms. The van der Waals surface area contributed by atoms with Crippen molar-refractivity contribution >= 4 is 34.2 Å². The molecule has 0 saturated heterocycles. The Morgan fingerprint density at radius 3 is 2.48 bits per heavy atom. The smallest absolute Gasteiger partial charge is 0.303 e. The second kappa shape index (κ2) is 5.84. The number of nitrogens with zero attached hydrogens (tertiary/aromatic N) is 1. The Hall–Kier alpha value is -1.29. The van der Waals surface area contributed by atoms with Gasteiger partial charge < -0.3 is 4.98 Å². The molecule has 2 aromatic rings. The van der Waals surface area contributed by atoms with Crippen LogP contribution in [-0.4, -0.2) is 9.55 Å². The average molecular weight is 431 g/mol. The lowest BCUT2D eigenvalue weighted by atomic mass is 10.2. The lowest BCUT2D eigenvalue weighted by Gasteiger charge is -2.10. The molecule has 0 bridgehead atoms. The first-order valence-corrected chi connectivity index (χ1v) is 6.99. The van der Waals surface area contributed by atoms with Crippen LogP contribution < -0.4 is 11.2 Å². The summed E-state index contributed by atoms with van der Waals surface area (Å²) in [6.45, 7) is -0.162. The van der Waals surface area contributed by atoms with Crippen LogP contribution >= 0.6 is 34.2 Å². The van der Waals surface area contributed by atoms with Crippen molar-refractivity contribution in [2.24, 2.45) is 0 Å². The van der Waals surface area contributed by atoms with Crippen LogP contribution in [0.2, 0.25) is 5.02 Å². The van der Waals surface area contributed by atoms with E-state index in [4.69, 9.17) is 11.6 Å². The molecule has 0 fully saturated rings. The van der Waals surface area contributed by atoms with Gasteiger partial charge in [-0.15, -0.1) is 0 Å². The molecule has 0 aliphatic carbocycles. The third-order valence-electron chi connectivity index (χ3n) is 2.66. The summed E-state index contributed by atoms with van der Waals surface area (Å²) in [5.74, 6) is 0. The van der Waals surface area contributed by atoms with Gasteiger partial charge in [-0.3, -0.25) is 9.36 Å². The van der Waals surface area contributed by atoms with Gasteiger partial charge in [0.1, 0.15) is 5.69 Å². The van der Waals surface area contributed by atoms with Crippen molar-refractivity contribution in [3.8, 4) is 0 Å². The number of halogens is 5. The average Bonchev–Trinajstić information content (AvgIpc) is 2.36. The predicted octanol–water partition coefficient (Wildman–Crippen LogP) is 2.86. The maximum Gasteiger partial charge on any atom is 0.431 e. The second-order valence-electron chi connectivity index (χ2n) is 4.15. The Balaban J connectivity index is 2.49. The van der Waals surface area contributed by atoms with Gasteiger partial charge in [0.25, 0.3) is 5.56 Å². The number of H-pyrrole nitrogens is 1. The van der Waals surface area contributed by atoms with Crippen molar-refractivity contribution in [2.45, 2.75) is 12.7 Å². The van der Waals surface area contributed by atoms with Crippen molar-refractivity contribution < 1.29 is 13.2 Å². The van der Waals surface area contributed by atoms with Crippen molar-refractivity contribution in [2.75, 3.05) is 0 Å². The predicted molar refractivity (Wildman–Crippen MR) is 79.6 cm³/mol. The minimum absolute atomic E-state index is 0.162. The van der Waals surface area contributed by atoms with Crippen LogP contribution in [0, 0.1) is 3.57 Å². The number of aromatic amines is 1. The quantitative estimate of drug-likeness (QED) is 0.745. The molecule has 1 N–H and O–H groups in total. The highest BCUT2D eigenvalue weighted by molar-refractivity contribution is 14.1. The van der Waals surface area contributed by atoms with Crippen LogP contribution in [0.5, 0.6) is 0 Å². The monoisotopic (exact) mass is 430 g/mol. The summed E-state index contributed by atoms with van der Waals surface area (Å²) >= 11 is 7.80. The fourth-order valence-corrected chi connectivity index (χ4v) is 2.36. The van der Waals surface area contributed by atoms with E-state index in [-0.39, 0.29) is 6.54 Å². The molecule has 112 valence electrons. The zero-order chi connectivity index (χ0) is 15.8. The van der Waals surface area contributed by atoms with Crippen molar-refractivity contribution in [1.82, 2.24) is 9.55 Å². The topological polar surface area (TPSA) is 54.9 Å². The Labute approximate surface area is 134 Å². The number of nitrogens with one attached hydrogen (secondary N) is 1. The van der Waals surface area contributed by atoms with Gasteiger partial charge in [-0.05, 0) is 46.4 Å². The molecule has 0 saturated carbocycles. The van der Waals surface area contributed by atoms with Gasteiger partial charge in [-0.1, -0.05) is 11.6 Å². The Bertz CT molecular complexity index is 767. The molecule has 21 heavy (non-hydrogen) atoms. The zero-order valence-corrected chi connectivity index (χ0v) is 13.1. The highest BCUT2D eigenvalue weighted by Crippen LogP contribution is 2.25. The molecule has 1 aromatic carbocycles. The summed E-state index contributed by atoms with van der Waals surface area (Å²) < 4.78 is 38.9. The molecule has 0 amide bonds. The highest BCUT2D eigenvalue weighted by Gasteiger charge is 2.32. The number of hydrogen-bond acceptors (Lipinski definition) is 2. The molecule has 0 unspecified atom stereocenters. The van der Waals surface area contributed by atoms with Gasteiger partial charge in [-0.2, -0.15) is 13.2 Å². The Morgan fingerprint density at radius 1 is 1.24 bits per heavy atom. The molecular weight excluding hydrogens is 423 g/mol. The SMILES string of the molecule is O=c1cc(C(F)(F)F)[nH]c(=O)n1Cc1cc(Cl)ccc1I. The van der Waals surface area contributed by atoms with Crippen LogP contribution in [0.4, 0.5) is 13.2 Å². The van der Waals surface area contributed by atoms with E-state index in [1.54, 1.807) is 23.2 Å². The fourth-order valence-electron chi connectivity index (χ4n) is 1.66. The minimum Gasteiger partial charge on any atom is -0.303 e. The number of hydrogen-bond donors (Lipinski definition) is 1. The van der Waals surface area contributed by atoms with E-state index in [9.17, 15) is 22.8 Å². The van der Waals surface area contributed by atoms with Crippen LogP contribution in [0.1, 0.15) is 11.3 Å². The van der Waals surface area contributed by atoms with E-state index in [0.29, 0.717) is 21.2 Å². The third kappa shape index (κ3) is 3.67. The van der Waals surface area contributed by atoms with Gasteiger partial charge in [0, 0.05) is 14.7 Å². The summed E-state index contributed by atoms with van der Waals surface area (Å²) in [6.07, 6.45) is -4.78. The van der Waals surface area contributed by atoms with Gasteiger partial charge in [-0.25, -0.2) is 4.79 Å². The maximum atomic E-state index is 12.5. The molecule has 2 rings (SSSR count). The van der Waals surface area contributed by atoms with Crippen molar-refractivity contribution in [3.05, 3.63) is 65.0 Å². The first-order valence-electron chi connectivity index (χ1n) is 5.54. The maximum absolute atomic E-state index is 12.5. The summed E-state index contributed by atoms with van der Waals surface area (Å²) in [5, 5.41) is 0.404. The molecule has 4 nitrogen and oxygen atoms in total. The summed E-state index contributed by atoms with van der Waals surface area (Å²) in [7, 11) is 0. The van der Waals surface area contributed by atoms with E-state index in [1.807, 2.05) is 22.6 Å². The van der Waals surface area contributed by atoms with Crippen LogP contribution in [-0.2, 0) is 12.7 Å². The first kappa shape index (κ1) is 16.1. The number of alkyl halides is 3. The van der Waals surface area contributed by atoms with Crippen molar-refractivity contribution in [1.29, 1.82) is 0 Å². The summed E-state index contributed by atoms with van der Waals surface area (Å²) in [4.78, 5) is 25.1. The van der Waals surface area contributed by atoms with Crippen LogP contribution in [0.15, 0.2) is 33.9 Å². The largest absolute Gasteiger partial charge is 0.431 e.